The molecule has 0 amide bonds. The van der Waals surface area contributed by atoms with Crippen LogP contribution in [0.4, 0.5) is 0 Å². The smallest absolute Gasteiger partial charge is 0.314 e. The molecule has 0 spiro atoms. The summed E-state index contributed by atoms with van der Waals surface area (Å²) in [5.41, 5.74) is 0.977. The molecule has 1 atom stereocenters. The second-order valence-corrected chi connectivity index (χ2v) is 3.77. The van der Waals surface area contributed by atoms with Crippen molar-refractivity contribution in [2.24, 2.45) is 0 Å². The van der Waals surface area contributed by atoms with Crippen LogP contribution < -0.4 is 5.32 Å². The second-order valence-electron chi connectivity index (χ2n) is 3.77. The van der Waals surface area contributed by atoms with Crippen LogP contribution in [-0.4, -0.2) is 26.2 Å². The van der Waals surface area contributed by atoms with Gasteiger partial charge in [-0.1, -0.05) is 36.4 Å². The van der Waals surface area contributed by atoms with Gasteiger partial charge in [-0.2, -0.15) is 0 Å². The Kier molecular flexibility index (Phi) is 6.04. The molecular weight excluding hydrogens is 214 g/mol. The standard InChI is InChI=1S/C14H19NO2/c1-3-4-10-15-11-13(14(16)17-2)12-8-6-5-7-9-12/h3,5-9,13,15H,1,4,10-11H2,2H3. The van der Waals surface area contributed by atoms with E-state index in [0.29, 0.717) is 6.54 Å². The lowest BCUT2D eigenvalue weighted by Crippen LogP contribution is -2.28. The van der Waals surface area contributed by atoms with Gasteiger partial charge in [0.05, 0.1) is 13.0 Å². The van der Waals surface area contributed by atoms with Gasteiger partial charge in [0.25, 0.3) is 0 Å². The molecule has 1 unspecified atom stereocenters. The van der Waals surface area contributed by atoms with Crippen molar-refractivity contribution in [3.63, 3.8) is 0 Å². The van der Waals surface area contributed by atoms with Gasteiger partial charge >= 0.3 is 5.97 Å². The summed E-state index contributed by atoms with van der Waals surface area (Å²) >= 11 is 0. The van der Waals surface area contributed by atoms with Gasteiger partial charge in [-0.05, 0) is 18.5 Å². The Bertz CT molecular complexity index is 348. The third-order valence-electron chi connectivity index (χ3n) is 2.56. The minimum Gasteiger partial charge on any atom is -0.469 e. The zero-order valence-electron chi connectivity index (χ0n) is 10.2. The molecule has 0 fully saturated rings. The highest BCUT2D eigenvalue weighted by molar-refractivity contribution is 5.78. The lowest BCUT2D eigenvalue weighted by atomic mass is 9.99. The summed E-state index contributed by atoms with van der Waals surface area (Å²) in [6.07, 6.45) is 2.74. The monoisotopic (exact) mass is 233 g/mol. The van der Waals surface area contributed by atoms with Gasteiger partial charge < -0.3 is 10.1 Å². The highest BCUT2D eigenvalue weighted by atomic mass is 16.5. The van der Waals surface area contributed by atoms with E-state index < -0.39 is 0 Å². The van der Waals surface area contributed by atoms with Crippen molar-refractivity contribution < 1.29 is 9.53 Å². The summed E-state index contributed by atoms with van der Waals surface area (Å²) in [7, 11) is 1.42. The van der Waals surface area contributed by atoms with Gasteiger partial charge in [0.2, 0.25) is 0 Å². The normalized spacial score (nSPS) is 11.8. The van der Waals surface area contributed by atoms with Crippen LogP contribution in [0.25, 0.3) is 0 Å². The van der Waals surface area contributed by atoms with E-state index in [-0.39, 0.29) is 11.9 Å². The highest BCUT2D eigenvalue weighted by Gasteiger charge is 2.20. The average Bonchev–Trinajstić information content (AvgIpc) is 2.39. The minimum atomic E-state index is -0.244. The number of benzene rings is 1. The summed E-state index contributed by atoms with van der Waals surface area (Å²) in [6, 6.07) is 9.67. The predicted molar refractivity (Wildman–Crippen MR) is 68.9 cm³/mol. The van der Waals surface area contributed by atoms with E-state index in [0.717, 1.165) is 18.5 Å². The lowest BCUT2D eigenvalue weighted by molar-refractivity contribution is -0.142. The molecular formula is C14H19NO2. The van der Waals surface area contributed by atoms with Gasteiger partial charge in [-0.25, -0.2) is 0 Å². The van der Waals surface area contributed by atoms with Crippen molar-refractivity contribution >= 4 is 5.97 Å². The van der Waals surface area contributed by atoms with E-state index in [1.807, 2.05) is 36.4 Å². The summed E-state index contributed by atoms with van der Waals surface area (Å²) in [6.45, 7) is 5.07. The van der Waals surface area contributed by atoms with Crippen LogP contribution in [0.1, 0.15) is 17.9 Å². The first-order valence-corrected chi connectivity index (χ1v) is 5.74. The number of ether oxygens (including phenoxy) is 1. The summed E-state index contributed by atoms with van der Waals surface area (Å²) < 4.78 is 4.82. The minimum absolute atomic E-state index is 0.206. The Morgan fingerprint density at radius 2 is 2.18 bits per heavy atom. The molecule has 1 aromatic rings. The Hall–Kier alpha value is -1.61. The molecule has 0 saturated carbocycles. The van der Waals surface area contributed by atoms with Gasteiger partial charge in [-0.3, -0.25) is 4.79 Å². The lowest BCUT2D eigenvalue weighted by Gasteiger charge is -2.15. The number of nitrogens with one attached hydrogen (secondary N) is 1. The van der Waals surface area contributed by atoms with Crippen LogP contribution in [-0.2, 0) is 9.53 Å². The predicted octanol–water partition coefficient (Wildman–Crippen LogP) is 2.11. The average molecular weight is 233 g/mol. The molecule has 0 saturated heterocycles. The van der Waals surface area contributed by atoms with Gasteiger partial charge in [0.1, 0.15) is 0 Å². The van der Waals surface area contributed by atoms with Crippen molar-refractivity contribution in [3.8, 4) is 0 Å². The molecule has 92 valence electrons. The zero-order valence-corrected chi connectivity index (χ0v) is 10.2. The summed E-state index contributed by atoms with van der Waals surface area (Å²) in [5, 5.41) is 3.23. The molecule has 0 aromatic heterocycles. The van der Waals surface area contributed by atoms with Crippen molar-refractivity contribution in [2.75, 3.05) is 20.2 Å². The molecule has 0 radical (unpaired) electrons. The fourth-order valence-electron chi connectivity index (χ4n) is 1.62. The molecule has 0 aliphatic heterocycles. The van der Waals surface area contributed by atoms with Crippen LogP contribution in [0.15, 0.2) is 43.0 Å². The number of carbonyl (C=O) groups is 1. The molecule has 3 heteroatoms. The van der Waals surface area contributed by atoms with Crippen molar-refractivity contribution in [1.29, 1.82) is 0 Å². The second kappa shape index (κ2) is 7.63. The Morgan fingerprint density at radius 1 is 1.47 bits per heavy atom. The van der Waals surface area contributed by atoms with Crippen LogP contribution in [0.5, 0.6) is 0 Å². The van der Waals surface area contributed by atoms with Crippen LogP contribution in [0, 0.1) is 0 Å². The van der Waals surface area contributed by atoms with Crippen molar-refractivity contribution in [1.82, 2.24) is 5.32 Å². The van der Waals surface area contributed by atoms with Crippen molar-refractivity contribution in [3.05, 3.63) is 48.6 Å². The highest BCUT2D eigenvalue weighted by Crippen LogP contribution is 2.16. The summed E-state index contributed by atoms with van der Waals surface area (Å²) in [4.78, 5) is 11.7. The van der Waals surface area contributed by atoms with Gasteiger partial charge in [0.15, 0.2) is 0 Å². The van der Waals surface area contributed by atoms with Gasteiger partial charge in [0, 0.05) is 6.54 Å². The van der Waals surface area contributed by atoms with E-state index in [1.165, 1.54) is 7.11 Å². The van der Waals surface area contributed by atoms with Crippen LogP contribution in [0.2, 0.25) is 0 Å². The van der Waals surface area contributed by atoms with E-state index >= 15 is 0 Å². The molecule has 1 rings (SSSR count). The maximum absolute atomic E-state index is 11.7. The fourth-order valence-corrected chi connectivity index (χ4v) is 1.62. The molecule has 1 aromatic carbocycles. The van der Waals surface area contributed by atoms with E-state index in [9.17, 15) is 4.79 Å². The largest absolute Gasteiger partial charge is 0.469 e. The van der Waals surface area contributed by atoms with Crippen LogP contribution in [0.3, 0.4) is 0 Å². The number of hydrogen-bond acceptors (Lipinski definition) is 3. The van der Waals surface area contributed by atoms with Gasteiger partial charge in [-0.15, -0.1) is 6.58 Å². The molecule has 0 bridgehead atoms. The van der Waals surface area contributed by atoms with E-state index in [1.54, 1.807) is 0 Å². The first kappa shape index (κ1) is 13.5. The maximum atomic E-state index is 11.7. The SMILES string of the molecule is C=CCCNCC(C(=O)OC)c1ccccc1. The van der Waals surface area contributed by atoms with E-state index in [4.69, 9.17) is 4.74 Å². The Morgan fingerprint density at radius 3 is 2.76 bits per heavy atom. The molecule has 0 aliphatic carbocycles. The fraction of sp³-hybridized carbons (Fsp3) is 0.357. The van der Waals surface area contributed by atoms with Crippen molar-refractivity contribution in [2.45, 2.75) is 12.3 Å². The maximum Gasteiger partial charge on any atom is 0.314 e. The third kappa shape index (κ3) is 4.41. The van der Waals surface area contributed by atoms with E-state index in [2.05, 4.69) is 11.9 Å². The summed E-state index contributed by atoms with van der Waals surface area (Å²) in [5.74, 6) is -0.451. The first-order valence-electron chi connectivity index (χ1n) is 5.74. The Labute approximate surface area is 102 Å². The quantitative estimate of drug-likeness (QED) is 0.445. The van der Waals surface area contributed by atoms with Crippen LogP contribution >= 0.6 is 0 Å². The molecule has 3 nitrogen and oxygen atoms in total. The number of methoxy groups -OCH3 is 1. The number of rotatable bonds is 7. The molecule has 0 aliphatic rings. The Balaban J connectivity index is 2.61. The number of hydrogen-bond donors (Lipinski definition) is 1. The zero-order chi connectivity index (χ0) is 12.5. The number of esters is 1. The third-order valence-corrected chi connectivity index (χ3v) is 2.56. The molecule has 0 heterocycles. The molecule has 17 heavy (non-hydrogen) atoms. The molecule has 1 N–H and O–H groups in total. The first-order chi connectivity index (χ1) is 8.29. The topological polar surface area (TPSA) is 38.3 Å². The number of carbonyl (C=O) groups excluding carboxylic acids is 1.